The molecule has 1 atom stereocenters. The number of amides is 3. The molecule has 0 bridgehead atoms. The zero-order chi connectivity index (χ0) is 18.8. The largest absolute Gasteiger partial charge is 0.348 e. The van der Waals surface area contributed by atoms with Crippen molar-refractivity contribution < 1.29 is 9.59 Å². The van der Waals surface area contributed by atoms with Crippen molar-refractivity contribution in [2.45, 2.75) is 6.04 Å². The number of fused-ring (bicyclic) bond motifs is 1. The van der Waals surface area contributed by atoms with Crippen LogP contribution in [0, 0.1) is 3.57 Å². The minimum Gasteiger partial charge on any atom is -0.348 e. The summed E-state index contributed by atoms with van der Waals surface area (Å²) in [4.78, 5) is 31.4. The molecule has 2 N–H and O–H groups in total. The Morgan fingerprint density at radius 3 is 2.78 bits per heavy atom. The second kappa shape index (κ2) is 7.89. The maximum Gasteiger partial charge on any atom is 0.326 e. The number of anilines is 1. The van der Waals surface area contributed by atoms with Crippen molar-refractivity contribution in [1.29, 1.82) is 0 Å². The number of nitrogens with zero attached hydrogens (tertiary/aromatic N) is 2. The van der Waals surface area contributed by atoms with Crippen molar-refractivity contribution in [3.63, 3.8) is 0 Å². The van der Waals surface area contributed by atoms with Crippen molar-refractivity contribution in [3.8, 4) is 0 Å². The van der Waals surface area contributed by atoms with Gasteiger partial charge in [-0.05, 0) is 64.6 Å². The third-order valence-corrected chi connectivity index (χ3v) is 6.11. The van der Waals surface area contributed by atoms with Gasteiger partial charge < -0.3 is 10.2 Å². The van der Waals surface area contributed by atoms with Crippen LogP contribution in [-0.2, 0) is 0 Å². The van der Waals surface area contributed by atoms with Crippen LogP contribution < -0.4 is 10.6 Å². The van der Waals surface area contributed by atoms with Gasteiger partial charge in [0.05, 0.1) is 6.04 Å². The van der Waals surface area contributed by atoms with E-state index in [0.29, 0.717) is 11.3 Å². The number of carbonyl (C=O) groups excluding carboxylic acids is 2. The molecule has 8 heteroatoms. The average molecular weight is 492 g/mol. The van der Waals surface area contributed by atoms with Gasteiger partial charge in [-0.1, -0.05) is 23.9 Å². The summed E-state index contributed by atoms with van der Waals surface area (Å²) < 4.78 is 1.03. The minimum atomic E-state index is -0.551. The van der Waals surface area contributed by atoms with Gasteiger partial charge in [-0.3, -0.25) is 15.1 Å². The number of aliphatic imine (C=N–C) groups is 1. The van der Waals surface area contributed by atoms with Crippen LogP contribution in [-0.4, -0.2) is 40.8 Å². The van der Waals surface area contributed by atoms with E-state index in [-0.39, 0.29) is 6.04 Å². The average Bonchev–Trinajstić information content (AvgIpc) is 3.24. The van der Waals surface area contributed by atoms with E-state index in [1.165, 1.54) is 0 Å². The Balaban J connectivity index is 1.39. The predicted octanol–water partition coefficient (Wildman–Crippen LogP) is 3.71. The summed E-state index contributed by atoms with van der Waals surface area (Å²) in [5, 5.41) is 6.19. The summed E-state index contributed by atoms with van der Waals surface area (Å²) in [5.41, 5.74) is 2.14. The molecular formula is C19H17IN4O2S. The van der Waals surface area contributed by atoms with Gasteiger partial charge in [0.2, 0.25) is 0 Å². The minimum absolute atomic E-state index is 0.0889. The number of imide groups is 1. The van der Waals surface area contributed by atoms with Crippen molar-refractivity contribution >= 4 is 57.1 Å². The standard InChI is InChI=1S/C19H17IN4O2S/c20-14-6-4-12(5-7-14)17(25)23-18(26)21-15-3-1-2-13(10-15)16-11-24-8-9-27-19(24)22-16/h1-7,10,16H,8-9,11H2,(H2,21,23,25,26). The van der Waals surface area contributed by atoms with Gasteiger partial charge in [0.25, 0.3) is 5.91 Å². The molecule has 1 unspecified atom stereocenters. The van der Waals surface area contributed by atoms with Gasteiger partial charge in [0.15, 0.2) is 5.17 Å². The van der Waals surface area contributed by atoms with Crippen LogP contribution in [0.4, 0.5) is 10.5 Å². The molecule has 2 aliphatic rings. The first-order valence-corrected chi connectivity index (χ1v) is 10.6. The number of hydrogen-bond donors (Lipinski definition) is 2. The van der Waals surface area contributed by atoms with Crippen molar-refractivity contribution in [2.75, 3.05) is 24.2 Å². The van der Waals surface area contributed by atoms with Gasteiger partial charge in [-0.15, -0.1) is 0 Å². The monoisotopic (exact) mass is 492 g/mol. The maximum atomic E-state index is 12.2. The number of rotatable bonds is 3. The normalized spacial score (nSPS) is 18.0. The highest BCUT2D eigenvalue weighted by molar-refractivity contribution is 14.1. The Kier molecular flexibility index (Phi) is 5.35. The number of thioether (sulfide) groups is 1. The second-order valence-corrected chi connectivity index (χ2v) is 8.57. The lowest BCUT2D eigenvalue weighted by atomic mass is 10.1. The SMILES string of the molecule is O=C(NC(=O)c1ccc(I)cc1)Nc1cccc(C2CN3CCSC3=N2)c1. The topological polar surface area (TPSA) is 73.8 Å². The number of carbonyl (C=O) groups is 2. The molecule has 1 saturated heterocycles. The molecule has 0 aromatic heterocycles. The van der Waals surface area contributed by atoms with Crippen molar-refractivity contribution in [2.24, 2.45) is 4.99 Å². The first kappa shape index (κ1) is 18.3. The fourth-order valence-electron chi connectivity index (χ4n) is 3.05. The molecule has 1 fully saturated rings. The second-order valence-electron chi connectivity index (χ2n) is 6.26. The van der Waals surface area contributed by atoms with Crippen LogP contribution >= 0.6 is 34.4 Å². The van der Waals surface area contributed by atoms with Crippen LogP contribution in [0.3, 0.4) is 0 Å². The number of hydrogen-bond acceptors (Lipinski definition) is 5. The van der Waals surface area contributed by atoms with E-state index in [2.05, 4.69) is 38.1 Å². The molecule has 3 amide bonds. The molecule has 2 heterocycles. The molecule has 0 radical (unpaired) electrons. The molecule has 2 aliphatic heterocycles. The quantitative estimate of drug-likeness (QED) is 0.641. The lowest BCUT2D eigenvalue weighted by Crippen LogP contribution is -2.34. The van der Waals surface area contributed by atoms with Gasteiger partial charge in [-0.25, -0.2) is 4.79 Å². The summed E-state index contributed by atoms with van der Waals surface area (Å²) in [6, 6.07) is 14.2. The highest BCUT2D eigenvalue weighted by Crippen LogP contribution is 2.32. The summed E-state index contributed by atoms with van der Waals surface area (Å²) in [6.07, 6.45) is 0. The summed E-state index contributed by atoms with van der Waals surface area (Å²) in [6.45, 7) is 1.92. The van der Waals surface area contributed by atoms with Crippen molar-refractivity contribution in [1.82, 2.24) is 10.2 Å². The highest BCUT2D eigenvalue weighted by atomic mass is 127. The van der Waals surface area contributed by atoms with Gasteiger partial charge >= 0.3 is 6.03 Å². The predicted molar refractivity (Wildman–Crippen MR) is 116 cm³/mol. The highest BCUT2D eigenvalue weighted by Gasteiger charge is 2.30. The van der Waals surface area contributed by atoms with Crippen LogP contribution in [0.15, 0.2) is 53.5 Å². The summed E-state index contributed by atoms with van der Waals surface area (Å²) in [5.74, 6) is 0.668. The molecule has 0 aliphatic carbocycles. The fraction of sp³-hybridized carbons (Fsp3) is 0.211. The molecule has 6 nitrogen and oxygen atoms in total. The maximum absolute atomic E-state index is 12.2. The molecule has 0 spiro atoms. The summed E-state index contributed by atoms with van der Waals surface area (Å²) in [7, 11) is 0. The number of benzene rings is 2. The van der Waals surface area contributed by atoms with Crippen LogP contribution in [0.5, 0.6) is 0 Å². The lowest BCUT2D eigenvalue weighted by molar-refractivity contribution is 0.0967. The Morgan fingerprint density at radius 1 is 1.19 bits per heavy atom. The summed E-state index contributed by atoms with van der Waals surface area (Å²) >= 11 is 3.95. The van der Waals surface area contributed by atoms with E-state index >= 15 is 0 Å². The van der Waals surface area contributed by atoms with Crippen LogP contribution in [0.2, 0.25) is 0 Å². The van der Waals surface area contributed by atoms with E-state index in [1.54, 1.807) is 30.0 Å². The molecule has 2 aromatic carbocycles. The fourth-order valence-corrected chi connectivity index (χ4v) is 4.45. The third-order valence-electron chi connectivity index (χ3n) is 4.39. The molecular weight excluding hydrogens is 475 g/mol. The van der Waals surface area contributed by atoms with Gasteiger partial charge in [-0.2, -0.15) is 0 Å². The number of amidine groups is 1. The Bertz CT molecular complexity index is 916. The Hall–Kier alpha value is -2.07. The van der Waals surface area contributed by atoms with E-state index < -0.39 is 11.9 Å². The smallest absolute Gasteiger partial charge is 0.326 e. The molecule has 27 heavy (non-hydrogen) atoms. The zero-order valence-corrected chi connectivity index (χ0v) is 17.3. The van der Waals surface area contributed by atoms with E-state index in [1.807, 2.05) is 30.3 Å². The Labute approximate surface area is 174 Å². The molecule has 2 aromatic rings. The first-order valence-electron chi connectivity index (χ1n) is 8.52. The Morgan fingerprint density at radius 2 is 2.00 bits per heavy atom. The van der Waals surface area contributed by atoms with Crippen LogP contribution in [0.1, 0.15) is 22.0 Å². The van der Waals surface area contributed by atoms with E-state index in [0.717, 1.165) is 33.1 Å². The third kappa shape index (κ3) is 4.27. The van der Waals surface area contributed by atoms with Gasteiger partial charge in [0.1, 0.15) is 0 Å². The van der Waals surface area contributed by atoms with E-state index in [9.17, 15) is 9.59 Å². The molecule has 138 valence electrons. The lowest BCUT2D eigenvalue weighted by Gasteiger charge is -2.14. The van der Waals surface area contributed by atoms with Crippen molar-refractivity contribution in [3.05, 3.63) is 63.2 Å². The molecule has 0 saturated carbocycles. The zero-order valence-electron chi connectivity index (χ0n) is 14.3. The number of urea groups is 1. The number of halogens is 1. The molecule has 4 rings (SSSR count). The first-order chi connectivity index (χ1) is 13.1. The number of nitrogens with one attached hydrogen (secondary N) is 2. The van der Waals surface area contributed by atoms with Crippen LogP contribution in [0.25, 0.3) is 0 Å². The van der Waals surface area contributed by atoms with Gasteiger partial charge in [0, 0.05) is 33.7 Å². The van der Waals surface area contributed by atoms with E-state index in [4.69, 9.17) is 4.99 Å².